The van der Waals surface area contributed by atoms with Crippen LogP contribution < -0.4 is 16.0 Å². The summed E-state index contributed by atoms with van der Waals surface area (Å²) in [6, 6.07) is 21.5. The lowest BCUT2D eigenvalue weighted by atomic mass is 10.2. The monoisotopic (exact) mass is 379 g/mol. The SMILES string of the molecule is CC(=O)Nc1ccc(Nc2ccc(NC(=O)c3ccc(Cl)cc3)cc2)cc1. The van der Waals surface area contributed by atoms with Crippen LogP contribution in [0.3, 0.4) is 0 Å². The summed E-state index contributed by atoms with van der Waals surface area (Å²) in [6.45, 7) is 1.47. The van der Waals surface area contributed by atoms with Crippen molar-refractivity contribution in [3.05, 3.63) is 83.4 Å². The molecule has 0 fully saturated rings. The third-order valence-electron chi connectivity index (χ3n) is 3.74. The highest BCUT2D eigenvalue weighted by molar-refractivity contribution is 6.30. The van der Waals surface area contributed by atoms with E-state index >= 15 is 0 Å². The number of benzene rings is 3. The van der Waals surface area contributed by atoms with E-state index in [1.165, 1.54) is 6.92 Å². The minimum atomic E-state index is -0.194. The predicted octanol–water partition coefficient (Wildman–Crippen LogP) is 5.29. The van der Waals surface area contributed by atoms with E-state index in [1.54, 1.807) is 24.3 Å². The van der Waals surface area contributed by atoms with E-state index in [4.69, 9.17) is 11.6 Å². The minimum absolute atomic E-state index is 0.105. The molecule has 0 aliphatic rings. The maximum atomic E-state index is 12.2. The van der Waals surface area contributed by atoms with Gasteiger partial charge >= 0.3 is 0 Å². The van der Waals surface area contributed by atoms with Crippen molar-refractivity contribution in [2.75, 3.05) is 16.0 Å². The van der Waals surface area contributed by atoms with Crippen molar-refractivity contribution < 1.29 is 9.59 Å². The van der Waals surface area contributed by atoms with Gasteiger partial charge in [0.05, 0.1) is 0 Å². The second-order valence-corrected chi connectivity index (χ2v) is 6.36. The van der Waals surface area contributed by atoms with Crippen molar-refractivity contribution >= 4 is 46.2 Å². The van der Waals surface area contributed by atoms with Gasteiger partial charge in [0, 0.05) is 40.3 Å². The van der Waals surface area contributed by atoms with Crippen LogP contribution in [0, 0.1) is 0 Å². The third-order valence-corrected chi connectivity index (χ3v) is 4.00. The molecule has 5 nitrogen and oxygen atoms in total. The third kappa shape index (κ3) is 5.33. The van der Waals surface area contributed by atoms with Gasteiger partial charge in [-0.3, -0.25) is 9.59 Å². The molecule has 0 heterocycles. The number of hydrogen-bond acceptors (Lipinski definition) is 3. The highest BCUT2D eigenvalue weighted by Crippen LogP contribution is 2.21. The summed E-state index contributed by atoms with van der Waals surface area (Å²) in [5.74, 6) is -0.298. The van der Waals surface area contributed by atoms with Crippen LogP contribution in [0.4, 0.5) is 22.7 Å². The number of halogens is 1. The number of anilines is 4. The summed E-state index contributed by atoms with van der Waals surface area (Å²) in [7, 11) is 0. The van der Waals surface area contributed by atoms with Gasteiger partial charge in [-0.25, -0.2) is 0 Å². The Balaban J connectivity index is 1.60. The summed E-state index contributed by atoms with van der Waals surface area (Å²) < 4.78 is 0. The fourth-order valence-electron chi connectivity index (χ4n) is 2.45. The van der Waals surface area contributed by atoms with Gasteiger partial charge in [0.1, 0.15) is 0 Å². The molecule has 0 saturated carbocycles. The first-order chi connectivity index (χ1) is 13.0. The van der Waals surface area contributed by atoms with Gasteiger partial charge in [-0.2, -0.15) is 0 Å². The lowest BCUT2D eigenvalue weighted by Crippen LogP contribution is -2.11. The molecule has 2 amide bonds. The lowest BCUT2D eigenvalue weighted by Gasteiger charge is -2.10. The fourth-order valence-corrected chi connectivity index (χ4v) is 2.57. The molecular weight excluding hydrogens is 362 g/mol. The van der Waals surface area contributed by atoms with Crippen LogP contribution in [-0.4, -0.2) is 11.8 Å². The molecule has 0 saturated heterocycles. The highest BCUT2D eigenvalue weighted by Gasteiger charge is 2.06. The molecule has 0 aliphatic carbocycles. The van der Waals surface area contributed by atoms with Gasteiger partial charge in [-0.15, -0.1) is 0 Å². The summed E-state index contributed by atoms with van der Waals surface area (Å²) in [5.41, 5.74) is 3.75. The molecule has 3 rings (SSSR count). The summed E-state index contributed by atoms with van der Waals surface area (Å²) >= 11 is 5.83. The summed E-state index contributed by atoms with van der Waals surface area (Å²) in [4.78, 5) is 23.3. The van der Waals surface area contributed by atoms with Crippen LogP contribution in [0.2, 0.25) is 5.02 Å². The maximum Gasteiger partial charge on any atom is 0.255 e. The summed E-state index contributed by atoms with van der Waals surface area (Å²) in [6.07, 6.45) is 0. The molecule has 0 unspecified atom stereocenters. The van der Waals surface area contributed by atoms with Crippen molar-refractivity contribution in [3.63, 3.8) is 0 Å². The van der Waals surface area contributed by atoms with E-state index in [1.807, 2.05) is 48.5 Å². The molecule has 3 aromatic rings. The van der Waals surface area contributed by atoms with Crippen molar-refractivity contribution in [2.24, 2.45) is 0 Å². The zero-order valence-corrected chi connectivity index (χ0v) is 15.4. The Bertz CT molecular complexity index is 937. The smallest absolute Gasteiger partial charge is 0.255 e. The van der Waals surface area contributed by atoms with Crippen LogP contribution >= 0.6 is 11.6 Å². The Morgan fingerprint density at radius 3 is 1.59 bits per heavy atom. The molecule has 0 aromatic heterocycles. The molecule has 6 heteroatoms. The van der Waals surface area contributed by atoms with E-state index in [-0.39, 0.29) is 11.8 Å². The second kappa shape index (κ2) is 8.38. The molecule has 0 atom stereocenters. The first kappa shape index (κ1) is 18.5. The van der Waals surface area contributed by atoms with Gasteiger partial charge in [-0.1, -0.05) is 11.6 Å². The molecular formula is C21H18ClN3O2. The standard InChI is InChI=1S/C21H18ClN3O2/c1-14(26)23-17-6-8-18(9-7-17)24-19-10-12-20(13-11-19)25-21(27)15-2-4-16(22)5-3-15/h2-13,24H,1H3,(H,23,26)(H,25,27). The van der Waals surface area contributed by atoms with Crippen molar-refractivity contribution in [1.82, 2.24) is 0 Å². The van der Waals surface area contributed by atoms with Gasteiger partial charge in [0.25, 0.3) is 5.91 Å². The Morgan fingerprint density at radius 2 is 1.11 bits per heavy atom. The summed E-state index contributed by atoms with van der Waals surface area (Å²) in [5, 5.41) is 9.42. The van der Waals surface area contributed by atoms with Crippen LogP contribution in [0.15, 0.2) is 72.8 Å². The molecule has 3 N–H and O–H groups in total. The van der Waals surface area contributed by atoms with Gasteiger partial charge < -0.3 is 16.0 Å². The molecule has 27 heavy (non-hydrogen) atoms. The topological polar surface area (TPSA) is 70.2 Å². The normalized spacial score (nSPS) is 10.1. The van der Waals surface area contributed by atoms with Crippen LogP contribution in [0.25, 0.3) is 0 Å². The molecule has 3 aromatic carbocycles. The van der Waals surface area contributed by atoms with E-state index in [0.29, 0.717) is 16.3 Å². The van der Waals surface area contributed by atoms with Crippen molar-refractivity contribution in [2.45, 2.75) is 6.92 Å². The molecule has 0 aliphatic heterocycles. The van der Waals surface area contributed by atoms with Crippen LogP contribution in [0.1, 0.15) is 17.3 Å². The number of carbonyl (C=O) groups is 2. The number of carbonyl (C=O) groups excluding carboxylic acids is 2. The Kier molecular flexibility index (Phi) is 5.74. The molecule has 0 bridgehead atoms. The number of nitrogens with one attached hydrogen (secondary N) is 3. The van der Waals surface area contributed by atoms with Gasteiger partial charge in [0.15, 0.2) is 0 Å². The minimum Gasteiger partial charge on any atom is -0.356 e. The second-order valence-electron chi connectivity index (χ2n) is 5.92. The van der Waals surface area contributed by atoms with Gasteiger partial charge in [0.2, 0.25) is 5.91 Å². The zero-order valence-electron chi connectivity index (χ0n) is 14.6. The van der Waals surface area contributed by atoms with E-state index < -0.39 is 0 Å². The largest absolute Gasteiger partial charge is 0.356 e. The Morgan fingerprint density at radius 1 is 0.667 bits per heavy atom. The molecule has 0 radical (unpaired) electrons. The number of rotatable bonds is 5. The predicted molar refractivity (Wildman–Crippen MR) is 110 cm³/mol. The number of hydrogen-bond donors (Lipinski definition) is 3. The van der Waals surface area contributed by atoms with Gasteiger partial charge in [-0.05, 0) is 72.8 Å². The number of amides is 2. The maximum absolute atomic E-state index is 12.2. The van der Waals surface area contributed by atoms with Crippen molar-refractivity contribution in [3.8, 4) is 0 Å². The average molecular weight is 380 g/mol. The zero-order chi connectivity index (χ0) is 19.2. The van der Waals surface area contributed by atoms with E-state index in [2.05, 4.69) is 16.0 Å². The average Bonchev–Trinajstić information content (AvgIpc) is 2.65. The first-order valence-corrected chi connectivity index (χ1v) is 8.69. The quantitative estimate of drug-likeness (QED) is 0.563. The first-order valence-electron chi connectivity index (χ1n) is 8.31. The van der Waals surface area contributed by atoms with Crippen LogP contribution in [-0.2, 0) is 4.79 Å². The Labute approximate surface area is 162 Å². The van der Waals surface area contributed by atoms with E-state index in [0.717, 1.165) is 17.1 Å². The van der Waals surface area contributed by atoms with Crippen LogP contribution in [0.5, 0.6) is 0 Å². The highest BCUT2D eigenvalue weighted by atomic mass is 35.5. The van der Waals surface area contributed by atoms with Crippen molar-refractivity contribution in [1.29, 1.82) is 0 Å². The lowest BCUT2D eigenvalue weighted by molar-refractivity contribution is -0.114. The Hall–Kier alpha value is -3.31. The molecule has 0 spiro atoms. The molecule has 136 valence electrons. The fraction of sp³-hybridized carbons (Fsp3) is 0.0476. The van der Waals surface area contributed by atoms with E-state index in [9.17, 15) is 9.59 Å².